The Labute approximate surface area is 67.7 Å². The summed E-state index contributed by atoms with van der Waals surface area (Å²) in [6.45, 7) is 2.16. The first kappa shape index (κ1) is 7.67. The van der Waals surface area contributed by atoms with Gasteiger partial charge in [-0.05, 0) is 23.3 Å². The highest BCUT2D eigenvalue weighted by Crippen LogP contribution is 2.15. The van der Waals surface area contributed by atoms with E-state index in [9.17, 15) is 0 Å². The summed E-state index contributed by atoms with van der Waals surface area (Å²) in [6, 6.07) is 0. The molecule has 0 saturated heterocycles. The zero-order valence-electron chi connectivity index (χ0n) is 6.17. The Balaban J connectivity index is 2.75. The van der Waals surface area contributed by atoms with Gasteiger partial charge < -0.3 is 0 Å². The number of rotatable bonds is 1. The van der Waals surface area contributed by atoms with Crippen molar-refractivity contribution in [3.8, 4) is 0 Å². The zero-order valence-corrected chi connectivity index (χ0v) is 7.07. The highest BCUT2D eigenvalue weighted by molar-refractivity contribution is 7.84. The average Bonchev–Trinajstić information content (AvgIpc) is 2.14. The Bertz CT molecular complexity index is 197. The predicted octanol–water partition coefficient (Wildman–Crippen LogP) is 3.10. The summed E-state index contributed by atoms with van der Waals surface area (Å²) in [5, 5.41) is 0. The molecule has 1 rings (SSSR count). The van der Waals surface area contributed by atoms with Crippen LogP contribution >= 0.6 is 12.6 Å². The molecule has 0 fully saturated rings. The van der Waals surface area contributed by atoms with E-state index in [0.29, 0.717) is 0 Å². The number of thiol groups is 1. The van der Waals surface area contributed by atoms with Crippen molar-refractivity contribution in [2.24, 2.45) is 0 Å². The molecule has 54 valence electrons. The van der Waals surface area contributed by atoms with Crippen LogP contribution in [0.4, 0.5) is 0 Å². The van der Waals surface area contributed by atoms with Gasteiger partial charge in [-0.25, -0.2) is 0 Å². The van der Waals surface area contributed by atoms with E-state index in [1.165, 1.54) is 5.57 Å². The number of allylic oxidation sites excluding steroid dienone is 6. The first-order valence-electron chi connectivity index (χ1n) is 3.58. The van der Waals surface area contributed by atoms with Gasteiger partial charge in [-0.15, -0.1) is 12.6 Å². The quantitative estimate of drug-likeness (QED) is 0.548. The van der Waals surface area contributed by atoms with E-state index in [1.807, 2.05) is 0 Å². The SMILES string of the molecule is CCC1=CC=C(S)CC=C1. The standard InChI is InChI=1S/C9H12S/c1-2-8-4-3-5-9(10)7-6-8/h3-4,6-7,10H,2,5H2,1H3. The Morgan fingerprint density at radius 3 is 3.00 bits per heavy atom. The molecular formula is C9H12S. The van der Waals surface area contributed by atoms with Crippen LogP contribution in [0.2, 0.25) is 0 Å². The topological polar surface area (TPSA) is 0 Å². The molecule has 1 heteroatoms. The molecule has 0 heterocycles. The molecule has 1 aliphatic carbocycles. The molecule has 1 aliphatic rings. The first-order chi connectivity index (χ1) is 4.83. The Kier molecular flexibility index (Phi) is 2.82. The largest absolute Gasteiger partial charge is 0.148 e. The highest BCUT2D eigenvalue weighted by Gasteiger charge is 1.92. The second kappa shape index (κ2) is 3.67. The summed E-state index contributed by atoms with van der Waals surface area (Å²) in [5.74, 6) is 0. The van der Waals surface area contributed by atoms with Crippen LogP contribution in [0.25, 0.3) is 0 Å². The van der Waals surface area contributed by atoms with E-state index in [2.05, 4.69) is 43.9 Å². The van der Waals surface area contributed by atoms with Crippen LogP contribution in [0, 0.1) is 0 Å². The van der Waals surface area contributed by atoms with Crippen LogP contribution in [0.5, 0.6) is 0 Å². The number of hydrogen-bond donors (Lipinski definition) is 1. The molecule has 0 aromatic rings. The molecule has 0 saturated carbocycles. The third-order valence-electron chi connectivity index (χ3n) is 1.56. The van der Waals surface area contributed by atoms with Gasteiger partial charge in [0.05, 0.1) is 0 Å². The van der Waals surface area contributed by atoms with E-state index in [4.69, 9.17) is 0 Å². The van der Waals surface area contributed by atoms with E-state index >= 15 is 0 Å². The minimum atomic E-state index is 0.975. The molecule has 0 nitrogen and oxygen atoms in total. The molecule has 10 heavy (non-hydrogen) atoms. The van der Waals surface area contributed by atoms with Gasteiger partial charge >= 0.3 is 0 Å². The minimum absolute atomic E-state index is 0.975. The van der Waals surface area contributed by atoms with Gasteiger partial charge in [0.15, 0.2) is 0 Å². The molecule has 0 aromatic carbocycles. The molecule has 0 spiro atoms. The van der Waals surface area contributed by atoms with Crippen molar-refractivity contribution in [3.05, 3.63) is 34.8 Å². The fraction of sp³-hybridized carbons (Fsp3) is 0.333. The smallest absolute Gasteiger partial charge is 0.00366 e. The van der Waals surface area contributed by atoms with Crippen LogP contribution in [0.3, 0.4) is 0 Å². The van der Waals surface area contributed by atoms with Gasteiger partial charge in [0.1, 0.15) is 0 Å². The molecule has 0 amide bonds. The maximum Gasteiger partial charge on any atom is -0.00366 e. The van der Waals surface area contributed by atoms with Crippen molar-refractivity contribution in [3.63, 3.8) is 0 Å². The molecule has 0 radical (unpaired) electrons. The predicted molar refractivity (Wildman–Crippen MR) is 49.2 cm³/mol. The zero-order chi connectivity index (χ0) is 7.40. The van der Waals surface area contributed by atoms with Crippen LogP contribution in [0.15, 0.2) is 34.8 Å². The Hall–Kier alpha value is -0.430. The van der Waals surface area contributed by atoms with E-state index in [1.54, 1.807) is 0 Å². The third-order valence-corrected chi connectivity index (χ3v) is 1.89. The van der Waals surface area contributed by atoms with Gasteiger partial charge in [0.2, 0.25) is 0 Å². The molecular weight excluding hydrogens is 140 g/mol. The van der Waals surface area contributed by atoms with Crippen LogP contribution in [-0.4, -0.2) is 0 Å². The van der Waals surface area contributed by atoms with Crippen molar-refractivity contribution < 1.29 is 0 Å². The third kappa shape index (κ3) is 2.07. The van der Waals surface area contributed by atoms with Gasteiger partial charge in [-0.1, -0.05) is 31.2 Å². The fourth-order valence-corrected chi connectivity index (χ4v) is 1.07. The lowest BCUT2D eigenvalue weighted by molar-refractivity contribution is 1.15. The summed E-state index contributed by atoms with van der Waals surface area (Å²) in [4.78, 5) is 1.14. The summed E-state index contributed by atoms with van der Waals surface area (Å²) >= 11 is 4.27. The molecule has 0 atom stereocenters. The summed E-state index contributed by atoms with van der Waals surface area (Å²) in [6.07, 6.45) is 10.6. The van der Waals surface area contributed by atoms with Gasteiger partial charge in [-0.3, -0.25) is 0 Å². The van der Waals surface area contributed by atoms with Crippen molar-refractivity contribution in [1.29, 1.82) is 0 Å². The van der Waals surface area contributed by atoms with Crippen LogP contribution in [-0.2, 0) is 0 Å². The lowest BCUT2D eigenvalue weighted by Gasteiger charge is -1.89. The monoisotopic (exact) mass is 152 g/mol. The second-order valence-corrected chi connectivity index (χ2v) is 2.93. The van der Waals surface area contributed by atoms with E-state index in [0.717, 1.165) is 17.7 Å². The van der Waals surface area contributed by atoms with Gasteiger partial charge in [0, 0.05) is 0 Å². The lowest BCUT2D eigenvalue weighted by atomic mass is 10.2. The van der Waals surface area contributed by atoms with E-state index < -0.39 is 0 Å². The van der Waals surface area contributed by atoms with Crippen LogP contribution in [0.1, 0.15) is 19.8 Å². The molecule has 0 N–H and O–H groups in total. The maximum absolute atomic E-state index is 4.27. The van der Waals surface area contributed by atoms with Gasteiger partial charge in [-0.2, -0.15) is 0 Å². The molecule has 0 aliphatic heterocycles. The van der Waals surface area contributed by atoms with Crippen molar-refractivity contribution in [1.82, 2.24) is 0 Å². The van der Waals surface area contributed by atoms with Crippen molar-refractivity contribution in [2.45, 2.75) is 19.8 Å². The van der Waals surface area contributed by atoms with Crippen LogP contribution < -0.4 is 0 Å². The van der Waals surface area contributed by atoms with Gasteiger partial charge in [0.25, 0.3) is 0 Å². The maximum atomic E-state index is 4.27. The Morgan fingerprint density at radius 1 is 1.50 bits per heavy atom. The summed E-state index contributed by atoms with van der Waals surface area (Å²) < 4.78 is 0. The normalized spacial score (nSPS) is 17.8. The number of hydrogen-bond acceptors (Lipinski definition) is 1. The highest BCUT2D eigenvalue weighted by atomic mass is 32.1. The molecule has 0 bridgehead atoms. The van der Waals surface area contributed by atoms with E-state index in [-0.39, 0.29) is 0 Å². The second-order valence-electron chi connectivity index (χ2n) is 2.36. The Morgan fingerprint density at radius 2 is 2.30 bits per heavy atom. The summed E-state index contributed by atoms with van der Waals surface area (Å²) in [7, 11) is 0. The minimum Gasteiger partial charge on any atom is -0.148 e. The first-order valence-corrected chi connectivity index (χ1v) is 4.03. The fourth-order valence-electron chi connectivity index (χ4n) is 0.894. The average molecular weight is 152 g/mol. The molecule has 0 aromatic heterocycles. The molecule has 0 unspecified atom stereocenters. The summed E-state index contributed by atoms with van der Waals surface area (Å²) in [5.41, 5.74) is 1.38. The van der Waals surface area contributed by atoms with Crippen molar-refractivity contribution >= 4 is 12.6 Å². The lowest BCUT2D eigenvalue weighted by Crippen LogP contribution is -1.69. The van der Waals surface area contributed by atoms with Crippen molar-refractivity contribution in [2.75, 3.05) is 0 Å².